The minimum atomic E-state index is -0.0465. The van der Waals surface area contributed by atoms with Crippen molar-refractivity contribution in [2.45, 2.75) is 37.8 Å². The minimum absolute atomic E-state index is 0.0465. The third-order valence-corrected chi connectivity index (χ3v) is 3.66. The summed E-state index contributed by atoms with van der Waals surface area (Å²) in [5, 5.41) is 3.51. The van der Waals surface area contributed by atoms with Gasteiger partial charge in [0.2, 0.25) is 0 Å². The molecule has 90 valence electrons. The lowest BCUT2D eigenvalue weighted by atomic mass is 9.74. The van der Waals surface area contributed by atoms with Crippen LogP contribution in [0.2, 0.25) is 0 Å². The molecule has 0 spiro atoms. The number of ether oxygens (including phenoxy) is 1. The predicted octanol–water partition coefficient (Wildman–Crippen LogP) is 1.64. The number of imidazole rings is 1. The summed E-state index contributed by atoms with van der Waals surface area (Å²) >= 11 is 0. The van der Waals surface area contributed by atoms with E-state index in [4.69, 9.17) is 4.74 Å². The van der Waals surface area contributed by atoms with Crippen LogP contribution in [0.1, 0.15) is 38.1 Å². The molecular formula is C12H21N3O. The molecule has 0 aromatic carbocycles. The van der Waals surface area contributed by atoms with E-state index in [2.05, 4.69) is 21.8 Å². The molecule has 1 N–H and O–H groups in total. The maximum atomic E-state index is 5.75. The number of aromatic nitrogens is 2. The van der Waals surface area contributed by atoms with Crippen LogP contribution in [0.15, 0.2) is 12.4 Å². The highest BCUT2D eigenvalue weighted by molar-refractivity contribution is 5.11. The van der Waals surface area contributed by atoms with E-state index in [1.54, 1.807) is 0 Å². The van der Waals surface area contributed by atoms with Gasteiger partial charge in [0.1, 0.15) is 5.82 Å². The minimum Gasteiger partial charge on any atom is -0.376 e. The maximum Gasteiger partial charge on any atom is 0.128 e. The first-order valence-electron chi connectivity index (χ1n) is 5.99. The number of hydrogen-bond donors (Lipinski definition) is 1. The first-order chi connectivity index (χ1) is 7.73. The standard InChI is InChI=1S/C12H21N3O/c1-4-13-10(11-14-8-9-15(11)2)12(16-3)6-5-7-12/h8-10,13H,4-7H2,1-3H3. The van der Waals surface area contributed by atoms with Gasteiger partial charge in [0.05, 0.1) is 11.6 Å². The number of nitrogens with one attached hydrogen (secondary N) is 1. The van der Waals surface area contributed by atoms with Gasteiger partial charge in [0.15, 0.2) is 0 Å². The molecular weight excluding hydrogens is 202 g/mol. The van der Waals surface area contributed by atoms with Crippen molar-refractivity contribution in [2.75, 3.05) is 13.7 Å². The largest absolute Gasteiger partial charge is 0.376 e. The average Bonchev–Trinajstić information content (AvgIpc) is 2.62. The molecule has 1 atom stereocenters. The lowest BCUT2D eigenvalue weighted by Gasteiger charge is -2.46. The van der Waals surface area contributed by atoms with Gasteiger partial charge in [-0.15, -0.1) is 0 Å². The predicted molar refractivity (Wildman–Crippen MR) is 63.2 cm³/mol. The summed E-state index contributed by atoms with van der Waals surface area (Å²) in [6.45, 7) is 3.06. The van der Waals surface area contributed by atoms with Crippen LogP contribution >= 0.6 is 0 Å². The molecule has 4 nitrogen and oxygen atoms in total. The zero-order chi connectivity index (χ0) is 11.6. The molecule has 1 aliphatic carbocycles. The normalized spacial score (nSPS) is 20.4. The fourth-order valence-electron chi connectivity index (χ4n) is 2.51. The zero-order valence-corrected chi connectivity index (χ0v) is 10.4. The molecule has 0 aliphatic heterocycles. The van der Waals surface area contributed by atoms with Crippen molar-refractivity contribution < 1.29 is 4.74 Å². The molecule has 1 unspecified atom stereocenters. The second-order valence-electron chi connectivity index (χ2n) is 4.51. The Morgan fingerprint density at radius 2 is 2.38 bits per heavy atom. The second kappa shape index (κ2) is 4.55. The first-order valence-corrected chi connectivity index (χ1v) is 5.99. The van der Waals surface area contributed by atoms with Crippen LogP contribution in [0, 0.1) is 0 Å². The fourth-order valence-corrected chi connectivity index (χ4v) is 2.51. The van der Waals surface area contributed by atoms with Crippen LogP contribution < -0.4 is 5.32 Å². The first kappa shape index (κ1) is 11.6. The quantitative estimate of drug-likeness (QED) is 0.825. The van der Waals surface area contributed by atoms with E-state index in [0.717, 1.165) is 25.2 Å². The summed E-state index contributed by atoms with van der Waals surface area (Å²) in [4.78, 5) is 4.45. The molecule has 1 fully saturated rings. The summed E-state index contributed by atoms with van der Waals surface area (Å²) in [5.41, 5.74) is -0.0465. The van der Waals surface area contributed by atoms with Crippen molar-refractivity contribution >= 4 is 0 Å². The Kier molecular flexibility index (Phi) is 3.30. The highest BCUT2D eigenvalue weighted by Crippen LogP contribution is 2.44. The molecule has 1 aromatic rings. The van der Waals surface area contributed by atoms with Crippen LogP contribution in [-0.4, -0.2) is 28.8 Å². The lowest BCUT2D eigenvalue weighted by molar-refractivity contribution is -0.102. The van der Waals surface area contributed by atoms with Gasteiger partial charge in [0.25, 0.3) is 0 Å². The number of rotatable bonds is 5. The Bertz CT molecular complexity index is 338. The molecule has 2 rings (SSSR count). The molecule has 1 aliphatic rings. The van der Waals surface area contributed by atoms with Crippen molar-refractivity contribution in [3.05, 3.63) is 18.2 Å². The Hall–Kier alpha value is -0.870. The van der Waals surface area contributed by atoms with Crippen molar-refractivity contribution in [1.29, 1.82) is 0 Å². The molecule has 4 heteroatoms. The van der Waals surface area contributed by atoms with Gasteiger partial charge in [-0.25, -0.2) is 4.98 Å². The summed E-state index contributed by atoms with van der Waals surface area (Å²) in [6.07, 6.45) is 7.33. The van der Waals surface area contributed by atoms with Gasteiger partial charge in [-0.1, -0.05) is 6.92 Å². The van der Waals surface area contributed by atoms with Crippen molar-refractivity contribution in [3.63, 3.8) is 0 Å². The van der Waals surface area contributed by atoms with Gasteiger partial charge >= 0.3 is 0 Å². The summed E-state index contributed by atoms with van der Waals surface area (Å²) in [6, 6.07) is 0.205. The van der Waals surface area contributed by atoms with E-state index in [-0.39, 0.29) is 11.6 Å². The fraction of sp³-hybridized carbons (Fsp3) is 0.750. The molecule has 1 saturated carbocycles. The van der Waals surface area contributed by atoms with Crippen LogP contribution in [0.4, 0.5) is 0 Å². The Morgan fingerprint density at radius 3 is 2.75 bits per heavy atom. The monoisotopic (exact) mass is 223 g/mol. The van der Waals surface area contributed by atoms with Gasteiger partial charge in [-0.05, 0) is 25.8 Å². The second-order valence-corrected chi connectivity index (χ2v) is 4.51. The van der Waals surface area contributed by atoms with Crippen LogP contribution in [-0.2, 0) is 11.8 Å². The third-order valence-electron chi connectivity index (χ3n) is 3.66. The van der Waals surface area contributed by atoms with Gasteiger partial charge in [-0.3, -0.25) is 0 Å². The Balaban J connectivity index is 2.26. The number of hydrogen-bond acceptors (Lipinski definition) is 3. The van der Waals surface area contributed by atoms with Crippen molar-refractivity contribution in [1.82, 2.24) is 14.9 Å². The Morgan fingerprint density at radius 1 is 1.62 bits per heavy atom. The number of nitrogens with zero attached hydrogens (tertiary/aromatic N) is 2. The SMILES string of the molecule is CCNC(c1nccn1C)C1(OC)CCC1. The van der Waals surface area contributed by atoms with Crippen molar-refractivity contribution in [2.24, 2.45) is 7.05 Å². The van der Waals surface area contributed by atoms with Gasteiger partial charge in [0, 0.05) is 26.6 Å². The number of likely N-dealkylation sites (N-methyl/N-ethyl adjacent to an activating group) is 1. The highest BCUT2D eigenvalue weighted by Gasteiger charge is 2.46. The molecule has 0 bridgehead atoms. The van der Waals surface area contributed by atoms with Crippen LogP contribution in [0.25, 0.3) is 0 Å². The van der Waals surface area contributed by atoms with Gasteiger partial charge in [-0.2, -0.15) is 0 Å². The third kappa shape index (κ3) is 1.76. The van der Waals surface area contributed by atoms with Crippen LogP contribution in [0.3, 0.4) is 0 Å². The van der Waals surface area contributed by atoms with Crippen molar-refractivity contribution in [3.8, 4) is 0 Å². The van der Waals surface area contributed by atoms with E-state index in [0.29, 0.717) is 0 Å². The topological polar surface area (TPSA) is 39.1 Å². The summed E-state index contributed by atoms with van der Waals surface area (Å²) < 4.78 is 7.83. The lowest BCUT2D eigenvalue weighted by Crippen LogP contribution is -2.51. The molecule has 0 amide bonds. The Labute approximate surface area is 97.0 Å². The van der Waals surface area contributed by atoms with E-state index in [9.17, 15) is 0 Å². The summed E-state index contributed by atoms with van der Waals surface area (Å²) in [5.74, 6) is 1.07. The van der Waals surface area contributed by atoms with Gasteiger partial charge < -0.3 is 14.6 Å². The molecule has 0 radical (unpaired) electrons. The average molecular weight is 223 g/mol. The molecule has 1 aromatic heterocycles. The number of aryl methyl sites for hydroxylation is 1. The van der Waals surface area contributed by atoms with Crippen LogP contribution in [0.5, 0.6) is 0 Å². The number of methoxy groups -OCH3 is 1. The van der Waals surface area contributed by atoms with E-state index < -0.39 is 0 Å². The zero-order valence-electron chi connectivity index (χ0n) is 10.4. The summed E-state index contributed by atoms with van der Waals surface area (Å²) in [7, 11) is 3.85. The molecule has 0 saturated heterocycles. The smallest absolute Gasteiger partial charge is 0.128 e. The van der Waals surface area contributed by atoms with E-state index in [1.807, 2.05) is 26.6 Å². The molecule has 1 heterocycles. The maximum absolute atomic E-state index is 5.75. The highest BCUT2D eigenvalue weighted by atomic mass is 16.5. The van der Waals surface area contributed by atoms with E-state index in [1.165, 1.54) is 6.42 Å². The molecule has 16 heavy (non-hydrogen) atoms. The van der Waals surface area contributed by atoms with E-state index >= 15 is 0 Å².